The van der Waals surface area contributed by atoms with E-state index in [1.165, 1.54) is 0 Å². The summed E-state index contributed by atoms with van der Waals surface area (Å²) in [6.07, 6.45) is -3.81. The number of alkyl carbamates (subject to hydrolysis) is 1. The Labute approximate surface area is 258 Å². The van der Waals surface area contributed by atoms with Gasteiger partial charge in [-0.1, -0.05) is 48.0 Å². The van der Waals surface area contributed by atoms with E-state index in [0.717, 1.165) is 55.9 Å². The summed E-state index contributed by atoms with van der Waals surface area (Å²) in [6.45, 7) is 2.81. The van der Waals surface area contributed by atoms with Gasteiger partial charge in [-0.3, -0.25) is 4.90 Å². The highest BCUT2D eigenvalue weighted by molar-refractivity contribution is 6.31. The van der Waals surface area contributed by atoms with Crippen molar-refractivity contribution in [3.63, 3.8) is 0 Å². The van der Waals surface area contributed by atoms with Crippen LogP contribution in [0.4, 0.5) is 23.8 Å². The molecule has 230 valence electrons. The van der Waals surface area contributed by atoms with Crippen molar-refractivity contribution in [2.45, 2.75) is 31.0 Å². The van der Waals surface area contributed by atoms with Crippen LogP contribution in [0.3, 0.4) is 0 Å². The van der Waals surface area contributed by atoms with Crippen LogP contribution >= 0.6 is 11.6 Å². The second-order valence-electron chi connectivity index (χ2n) is 11.1. The van der Waals surface area contributed by atoms with E-state index in [9.17, 15) is 18.0 Å². The lowest BCUT2D eigenvalue weighted by atomic mass is 9.79. The van der Waals surface area contributed by atoms with Crippen molar-refractivity contribution in [1.29, 1.82) is 0 Å². The monoisotopic (exact) mass is 624 g/mol. The molecular formula is C33H32ClF3N4O3. The maximum absolute atomic E-state index is 12.9. The second kappa shape index (κ2) is 12.5. The Bertz CT molecular complexity index is 1600. The van der Waals surface area contributed by atoms with Crippen LogP contribution in [-0.4, -0.2) is 61.4 Å². The van der Waals surface area contributed by atoms with Gasteiger partial charge in [0, 0.05) is 47.7 Å². The molecule has 0 unspecified atom stereocenters. The zero-order valence-corrected chi connectivity index (χ0v) is 24.7. The van der Waals surface area contributed by atoms with E-state index in [0.29, 0.717) is 40.5 Å². The maximum Gasteiger partial charge on any atom is 0.408 e. The van der Waals surface area contributed by atoms with Crippen molar-refractivity contribution < 1.29 is 27.4 Å². The van der Waals surface area contributed by atoms with Gasteiger partial charge in [0.2, 0.25) is 0 Å². The predicted molar refractivity (Wildman–Crippen MR) is 164 cm³/mol. The van der Waals surface area contributed by atoms with Gasteiger partial charge in [0.1, 0.15) is 23.9 Å². The Kier molecular flexibility index (Phi) is 8.55. The molecule has 1 fully saturated rings. The van der Waals surface area contributed by atoms with Crippen LogP contribution in [-0.2, 0) is 10.3 Å². The fraction of sp³-hybridized carbons (Fsp3) is 0.333. The zero-order valence-electron chi connectivity index (χ0n) is 23.9. The topological polar surface area (TPSA) is 66.9 Å². The van der Waals surface area contributed by atoms with Gasteiger partial charge in [-0.25, -0.2) is 9.78 Å². The van der Waals surface area contributed by atoms with Crippen LogP contribution in [0, 0.1) is 0 Å². The first-order valence-corrected chi connectivity index (χ1v) is 15.0. The molecule has 1 saturated heterocycles. The number of halogens is 4. The normalized spacial score (nSPS) is 16.1. The summed E-state index contributed by atoms with van der Waals surface area (Å²) in [5.41, 5.74) is 0.833. The number of carbonyl (C=O) groups is 1. The van der Waals surface area contributed by atoms with Crippen LogP contribution in [0.5, 0.6) is 11.5 Å². The lowest BCUT2D eigenvalue weighted by Gasteiger charge is -2.40. The van der Waals surface area contributed by atoms with E-state index in [2.05, 4.69) is 9.80 Å². The number of hydrogen-bond acceptors (Lipinski definition) is 6. The number of alkyl halides is 3. The number of fused-ring (bicyclic) bond motifs is 3. The van der Waals surface area contributed by atoms with E-state index < -0.39 is 24.4 Å². The number of nitrogens with zero attached hydrogens (tertiary/aromatic N) is 3. The highest BCUT2D eigenvalue weighted by Crippen LogP contribution is 2.51. The number of nitrogens with one attached hydrogen (secondary N) is 1. The number of pyridine rings is 1. The average Bonchev–Trinajstić information content (AvgIpc) is 3.02. The molecule has 0 saturated carbocycles. The average molecular weight is 625 g/mol. The Morgan fingerprint density at radius 1 is 0.932 bits per heavy atom. The molecule has 3 heterocycles. The molecule has 0 atom stereocenters. The highest BCUT2D eigenvalue weighted by Gasteiger charge is 2.45. The molecular weight excluding hydrogens is 593 g/mol. The quantitative estimate of drug-likeness (QED) is 0.205. The van der Waals surface area contributed by atoms with Crippen LogP contribution in [0.1, 0.15) is 30.4 Å². The van der Waals surface area contributed by atoms with Gasteiger partial charge >= 0.3 is 12.3 Å². The van der Waals surface area contributed by atoms with Crippen LogP contribution < -0.4 is 15.0 Å². The summed E-state index contributed by atoms with van der Waals surface area (Å²) >= 11 is 6.11. The number of aromatic nitrogens is 1. The van der Waals surface area contributed by atoms with E-state index in [4.69, 9.17) is 26.1 Å². The number of para-hydroxylation sites is 2. The number of benzene rings is 3. The first kappa shape index (κ1) is 30.0. The Morgan fingerprint density at radius 3 is 2.30 bits per heavy atom. The molecule has 7 nitrogen and oxygen atoms in total. The van der Waals surface area contributed by atoms with Crippen LogP contribution in [0.2, 0.25) is 5.02 Å². The van der Waals surface area contributed by atoms with E-state index in [1.807, 2.05) is 47.8 Å². The van der Waals surface area contributed by atoms with Crippen molar-refractivity contribution in [3.05, 3.63) is 95.0 Å². The fourth-order valence-electron chi connectivity index (χ4n) is 6.01. The molecule has 2 aliphatic rings. The third kappa shape index (κ3) is 6.56. The first-order valence-electron chi connectivity index (χ1n) is 14.6. The van der Waals surface area contributed by atoms with Gasteiger partial charge < -0.3 is 19.7 Å². The molecule has 44 heavy (non-hydrogen) atoms. The SMILES string of the molecule is O=C(NCC(F)(F)F)OC1(CCCCN2CCN(c3ccc4cc(Cl)ccc4n3)CC2)c2ccccc2Oc2ccccc21. The standard InChI is InChI=1S/C33H32ClF3N4O3/c34-24-12-13-27-23(21-24)11-14-30(39-27)41-19-17-40(18-20-41)16-6-5-15-32(44-31(42)38-22-33(35,36)37)25-7-1-3-9-28(25)43-29-10-4-2-8-26(29)32/h1-4,7-14,21H,5-6,15-20,22H2,(H,38,42). The number of rotatable bonds is 8. The van der Waals surface area contributed by atoms with Gasteiger partial charge in [-0.15, -0.1) is 0 Å². The van der Waals surface area contributed by atoms with Crippen molar-refractivity contribution in [2.24, 2.45) is 0 Å². The molecule has 0 aliphatic carbocycles. The molecule has 1 N–H and O–H groups in total. The van der Waals surface area contributed by atoms with Crippen molar-refractivity contribution in [1.82, 2.24) is 15.2 Å². The third-order valence-electron chi connectivity index (χ3n) is 8.15. The second-order valence-corrected chi connectivity index (χ2v) is 11.5. The molecule has 11 heteroatoms. The van der Waals surface area contributed by atoms with Crippen LogP contribution in [0.15, 0.2) is 78.9 Å². The van der Waals surface area contributed by atoms with Gasteiger partial charge in [0.25, 0.3) is 0 Å². The lowest BCUT2D eigenvalue weighted by Crippen LogP contribution is -2.47. The first-order chi connectivity index (χ1) is 21.2. The van der Waals surface area contributed by atoms with Gasteiger partial charge in [0.05, 0.1) is 5.52 Å². The smallest absolute Gasteiger partial charge is 0.408 e. The molecule has 0 bridgehead atoms. The molecule has 1 aromatic heterocycles. The van der Waals surface area contributed by atoms with Crippen LogP contribution in [0.25, 0.3) is 10.9 Å². The zero-order chi connectivity index (χ0) is 30.7. The summed E-state index contributed by atoms with van der Waals surface area (Å²) in [5, 5.41) is 3.57. The molecule has 0 radical (unpaired) electrons. The Balaban J connectivity index is 1.11. The predicted octanol–water partition coefficient (Wildman–Crippen LogP) is 7.52. The number of unbranched alkanes of at least 4 members (excludes halogenated alkanes) is 1. The van der Waals surface area contributed by atoms with Gasteiger partial charge in [-0.2, -0.15) is 13.2 Å². The minimum Gasteiger partial charge on any atom is -0.456 e. The fourth-order valence-corrected chi connectivity index (χ4v) is 6.19. The van der Waals surface area contributed by atoms with Crippen molar-refractivity contribution in [2.75, 3.05) is 44.2 Å². The van der Waals surface area contributed by atoms with E-state index in [-0.39, 0.29) is 0 Å². The van der Waals surface area contributed by atoms with E-state index >= 15 is 0 Å². The molecule has 3 aromatic carbocycles. The number of ether oxygens (including phenoxy) is 2. The van der Waals surface area contributed by atoms with Crippen molar-refractivity contribution >= 4 is 34.4 Å². The Hall–Kier alpha value is -4.02. The molecule has 4 aromatic rings. The summed E-state index contributed by atoms with van der Waals surface area (Å²) in [4.78, 5) is 22.3. The third-order valence-corrected chi connectivity index (χ3v) is 8.39. The number of amides is 1. The molecule has 6 rings (SSSR count). The number of hydrogen-bond donors (Lipinski definition) is 1. The number of piperazine rings is 1. The van der Waals surface area contributed by atoms with Crippen molar-refractivity contribution in [3.8, 4) is 11.5 Å². The van der Waals surface area contributed by atoms with Gasteiger partial charge in [0.15, 0.2) is 5.60 Å². The van der Waals surface area contributed by atoms with E-state index in [1.54, 1.807) is 36.4 Å². The lowest BCUT2D eigenvalue weighted by molar-refractivity contribution is -0.124. The maximum atomic E-state index is 12.9. The largest absolute Gasteiger partial charge is 0.456 e. The summed E-state index contributed by atoms with van der Waals surface area (Å²) in [5.74, 6) is 1.96. The number of anilines is 1. The minimum atomic E-state index is -4.56. The summed E-state index contributed by atoms with van der Waals surface area (Å²) in [7, 11) is 0. The summed E-state index contributed by atoms with van der Waals surface area (Å²) < 4.78 is 50.7. The van der Waals surface area contributed by atoms with Gasteiger partial charge in [-0.05, 0) is 68.3 Å². The highest BCUT2D eigenvalue weighted by atomic mass is 35.5. The molecule has 2 aliphatic heterocycles. The summed E-state index contributed by atoms with van der Waals surface area (Å²) in [6, 6.07) is 24.2. The minimum absolute atomic E-state index is 0.384. The Morgan fingerprint density at radius 2 is 1.61 bits per heavy atom. The number of carbonyl (C=O) groups excluding carboxylic acids is 1. The molecule has 1 amide bonds. The molecule has 0 spiro atoms.